The second kappa shape index (κ2) is 59.9. The maximum Gasteiger partial charge on any atom is 0.306 e. The van der Waals surface area contributed by atoms with Crippen molar-refractivity contribution in [2.45, 2.75) is 290 Å². The normalized spacial score (nSPS) is 12.8. The van der Waals surface area contributed by atoms with Crippen LogP contribution in [0.5, 0.6) is 0 Å². The maximum atomic E-state index is 12.9. The van der Waals surface area contributed by atoms with E-state index < -0.39 is 6.10 Å². The Morgan fingerprint density at radius 1 is 0.292 bits per heavy atom. The topological polar surface area (TPSA) is 78.9 Å². The summed E-state index contributed by atoms with van der Waals surface area (Å²) < 4.78 is 16.9. The van der Waals surface area contributed by atoms with E-state index in [-0.39, 0.29) is 31.1 Å². The average molecular weight is 1000 g/mol. The molecule has 0 aromatic carbocycles. The van der Waals surface area contributed by atoms with E-state index in [0.717, 1.165) is 135 Å². The summed E-state index contributed by atoms with van der Waals surface area (Å²) in [7, 11) is 0. The summed E-state index contributed by atoms with van der Waals surface area (Å²) in [6, 6.07) is 0. The van der Waals surface area contributed by atoms with Gasteiger partial charge in [0.25, 0.3) is 0 Å². The lowest BCUT2D eigenvalue weighted by molar-refractivity contribution is -0.167. The fourth-order valence-electron chi connectivity index (χ4n) is 8.37. The molecule has 0 heterocycles. The third-order valence-corrected chi connectivity index (χ3v) is 12.8. The van der Waals surface area contributed by atoms with E-state index in [9.17, 15) is 14.4 Å². The fourth-order valence-corrected chi connectivity index (χ4v) is 8.37. The van der Waals surface area contributed by atoms with E-state index in [1.165, 1.54) is 109 Å². The Bertz CT molecular complexity index is 1430. The fraction of sp³-hybridized carbons (Fsp3) is 0.712. The first-order valence-electron chi connectivity index (χ1n) is 30.2. The van der Waals surface area contributed by atoms with Crippen molar-refractivity contribution in [3.05, 3.63) is 97.2 Å². The molecule has 0 N–H and O–H groups in total. The van der Waals surface area contributed by atoms with Gasteiger partial charge in [-0.1, -0.05) is 266 Å². The van der Waals surface area contributed by atoms with Crippen LogP contribution in [0.3, 0.4) is 0 Å². The molecule has 1 atom stereocenters. The Kier molecular flexibility index (Phi) is 56.8. The molecule has 0 spiro atoms. The zero-order valence-electron chi connectivity index (χ0n) is 47.2. The third kappa shape index (κ3) is 57.2. The van der Waals surface area contributed by atoms with Crippen molar-refractivity contribution in [3.63, 3.8) is 0 Å². The summed E-state index contributed by atoms with van der Waals surface area (Å²) in [5.41, 5.74) is 0. The summed E-state index contributed by atoms with van der Waals surface area (Å²) in [4.78, 5) is 38.2. The Labute approximate surface area is 445 Å². The molecular formula is C66H112O6. The molecule has 0 aromatic rings. The van der Waals surface area contributed by atoms with Gasteiger partial charge in [-0.05, 0) is 96.3 Å². The lowest BCUT2D eigenvalue weighted by atomic mass is 10.0. The Morgan fingerprint density at radius 3 is 0.861 bits per heavy atom. The van der Waals surface area contributed by atoms with Crippen molar-refractivity contribution < 1.29 is 28.6 Å². The van der Waals surface area contributed by atoms with Crippen molar-refractivity contribution in [1.29, 1.82) is 0 Å². The zero-order chi connectivity index (χ0) is 52.2. The number of unbranched alkanes of at least 4 members (excludes halogenated alkanes) is 27. The van der Waals surface area contributed by atoms with Gasteiger partial charge in [0.05, 0.1) is 0 Å². The molecule has 0 rings (SSSR count). The molecule has 6 heteroatoms. The second-order valence-corrected chi connectivity index (χ2v) is 19.9. The van der Waals surface area contributed by atoms with E-state index in [4.69, 9.17) is 14.2 Å². The minimum atomic E-state index is -0.798. The number of carbonyl (C=O) groups is 3. The highest BCUT2D eigenvalue weighted by Crippen LogP contribution is 2.16. The van der Waals surface area contributed by atoms with Crippen LogP contribution in [0.4, 0.5) is 0 Å². The van der Waals surface area contributed by atoms with Gasteiger partial charge in [0.2, 0.25) is 0 Å². The minimum Gasteiger partial charge on any atom is -0.462 e. The van der Waals surface area contributed by atoms with Crippen molar-refractivity contribution in [2.24, 2.45) is 0 Å². The largest absolute Gasteiger partial charge is 0.462 e. The molecular weight excluding hydrogens is 889 g/mol. The van der Waals surface area contributed by atoms with Crippen molar-refractivity contribution >= 4 is 17.9 Å². The molecule has 0 aliphatic carbocycles. The second-order valence-electron chi connectivity index (χ2n) is 19.9. The van der Waals surface area contributed by atoms with E-state index in [2.05, 4.69) is 118 Å². The predicted molar refractivity (Wildman–Crippen MR) is 311 cm³/mol. The highest BCUT2D eigenvalue weighted by Gasteiger charge is 2.19. The SMILES string of the molecule is CC/C=C\C/C=C\C/C=C\C/C=C\C/C=C\CCCCCCCC(=O)OCC(COC(=O)CCCCC/C=C\C/C=C\C/C=C\CC)OC(=O)CCCCCCCCCCCCCCCCCCCCCC. The van der Waals surface area contributed by atoms with Gasteiger partial charge in [-0.2, -0.15) is 0 Å². The van der Waals surface area contributed by atoms with Crippen LogP contribution in [0.15, 0.2) is 97.2 Å². The van der Waals surface area contributed by atoms with Crippen LogP contribution in [0.1, 0.15) is 284 Å². The van der Waals surface area contributed by atoms with Crippen LogP contribution in [0.2, 0.25) is 0 Å². The summed E-state index contributed by atoms with van der Waals surface area (Å²) in [6.07, 6.45) is 79.8. The summed E-state index contributed by atoms with van der Waals surface area (Å²) in [5, 5.41) is 0. The van der Waals surface area contributed by atoms with Gasteiger partial charge < -0.3 is 14.2 Å². The monoisotopic (exact) mass is 1000 g/mol. The van der Waals surface area contributed by atoms with E-state index in [0.29, 0.717) is 19.3 Å². The summed E-state index contributed by atoms with van der Waals surface area (Å²) in [5.74, 6) is -0.934. The number of hydrogen-bond acceptors (Lipinski definition) is 6. The predicted octanol–water partition coefficient (Wildman–Crippen LogP) is 20.5. The van der Waals surface area contributed by atoms with E-state index in [1.807, 2.05) is 0 Å². The number of carbonyl (C=O) groups excluding carboxylic acids is 3. The summed E-state index contributed by atoms with van der Waals surface area (Å²) >= 11 is 0. The van der Waals surface area contributed by atoms with Crippen LogP contribution in [-0.4, -0.2) is 37.2 Å². The summed E-state index contributed by atoms with van der Waals surface area (Å²) in [6.45, 7) is 6.39. The number of ether oxygens (including phenoxy) is 3. The quantitative estimate of drug-likeness (QED) is 0.0261. The minimum absolute atomic E-state index is 0.0959. The van der Waals surface area contributed by atoms with Gasteiger partial charge in [-0.15, -0.1) is 0 Å². The van der Waals surface area contributed by atoms with Gasteiger partial charge in [0, 0.05) is 19.3 Å². The number of rotatable bonds is 54. The molecule has 0 saturated heterocycles. The Morgan fingerprint density at radius 2 is 0.542 bits per heavy atom. The lowest BCUT2D eigenvalue weighted by Crippen LogP contribution is -2.30. The first-order valence-corrected chi connectivity index (χ1v) is 30.2. The van der Waals surface area contributed by atoms with E-state index >= 15 is 0 Å². The van der Waals surface area contributed by atoms with Gasteiger partial charge in [0.1, 0.15) is 13.2 Å². The molecule has 6 nitrogen and oxygen atoms in total. The molecule has 0 amide bonds. The maximum absolute atomic E-state index is 12.9. The van der Waals surface area contributed by atoms with Gasteiger partial charge in [-0.3, -0.25) is 14.4 Å². The lowest BCUT2D eigenvalue weighted by Gasteiger charge is -2.18. The van der Waals surface area contributed by atoms with Gasteiger partial charge in [-0.25, -0.2) is 0 Å². The van der Waals surface area contributed by atoms with Crippen LogP contribution in [-0.2, 0) is 28.6 Å². The molecule has 0 aliphatic rings. The molecule has 0 fully saturated rings. The molecule has 0 bridgehead atoms. The van der Waals surface area contributed by atoms with Crippen molar-refractivity contribution in [1.82, 2.24) is 0 Å². The standard InChI is InChI=1S/C66H112O6/c1-4-7-10-13-16-19-22-25-27-29-31-33-35-36-38-41-44-47-50-53-56-59-65(68)71-62-63(61-70-64(67)58-55-52-49-46-43-40-24-21-18-15-12-9-6-3)72-66(69)60-57-54-51-48-45-42-39-37-34-32-30-28-26-23-20-17-14-11-8-5-2/h7,9-10,12,16,18-19,21,25,27,31,33,36,38,40,43,63H,4-6,8,11,13-15,17,20,22-24,26,28-30,32,34-35,37,39,41-42,44-62H2,1-3H3/b10-7-,12-9-,19-16-,21-18-,27-25-,33-31-,38-36-,43-40-. The van der Waals surface area contributed by atoms with Crippen LogP contribution in [0, 0.1) is 0 Å². The molecule has 412 valence electrons. The van der Waals surface area contributed by atoms with Crippen LogP contribution >= 0.6 is 0 Å². The smallest absolute Gasteiger partial charge is 0.306 e. The number of allylic oxidation sites excluding steroid dienone is 16. The Hall–Kier alpha value is -3.67. The van der Waals surface area contributed by atoms with E-state index in [1.54, 1.807) is 0 Å². The highest BCUT2D eigenvalue weighted by atomic mass is 16.6. The molecule has 0 aliphatic heterocycles. The van der Waals surface area contributed by atoms with Gasteiger partial charge in [0.15, 0.2) is 6.10 Å². The molecule has 0 saturated carbocycles. The van der Waals surface area contributed by atoms with Crippen LogP contribution in [0.25, 0.3) is 0 Å². The van der Waals surface area contributed by atoms with Gasteiger partial charge >= 0.3 is 17.9 Å². The highest BCUT2D eigenvalue weighted by molar-refractivity contribution is 5.71. The first-order chi connectivity index (χ1) is 35.5. The molecule has 72 heavy (non-hydrogen) atoms. The first kappa shape index (κ1) is 68.3. The van der Waals surface area contributed by atoms with Crippen molar-refractivity contribution in [3.8, 4) is 0 Å². The third-order valence-electron chi connectivity index (χ3n) is 12.8. The zero-order valence-corrected chi connectivity index (χ0v) is 47.2. The molecule has 0 aromatic heterocycles. The van der Waals surface area contributed by atoms with Crippen LogP contribution < -0.4 is 0 Å². The number of hydrogen-bond donors (Lipinski definition) is 0. The van der Waals surface area contributed by atoms with Crippen molar-refractivity contribution in [2.75, 3.05) is 13.2 Å². The Balaban J connectivity index is 4.40. The molecule has 0 radical (unpaired) electrons. The number of esters is 3. The average Bonchev–Trinajstić information content (AvgIpc) is 3.38. The molecule has 1 unspecified atom stereocenters.